The van der Waals surface area contributed by atoms with E-state index in [1.807, 2.05) is 0 Å². The SMILES string of the molecule is CCCCCc1ccc(OCCCC[n+]2ccc(C)cc2C)c(CCCCC)c1. The van der Waals surface area contributed by atoms with Gasteiger partial charge in [-0.05, 0) is 61.8 Å². The van der Waals surface area contributed by atoms with E-state index >= 15 is 0 Å². The first kappa shape index (κ1) is 23.4. The summed E-state index contributed by atoms with van der Waals surface area (Å²) in [4.78, 5) is 0. The Morgan fingerprint density at radius 1 is 0.793 bits per heavy atom. The zero-order chi connectivity index (χ0) is 20.9. The smallest absolute Gasteiger partial charge is 0.178 e. The van der Waals surface area contributed by atoms with Crippen molar-refractivity contribution in [3.05, 3.63) is 58.9 Å². The molecule has 0 amide bonds. The van der Waals surface area contributed by atoms with E-state index in [9.17, 15) is 0 Å². The second-order valence-corrected chi connectivity index (χ2v) is 8.45. The summed E-state index contributed by atoms with van der Waals surface area (Å²) in [5.41, 5.74) is 5.55. The van der Waals surface area contributed by atoms with E-state index in [1.54, 1.807) is 0 Å². The van der Waals surface area contributed by atoms with Crippen LogP contribution in [0, 0.1) is 13.8 Å². The van der Waals surface area contributed by atoms with Gasteiger partial charge in [0.05, 0.1) is 6.61 Å². The lowest BCUT2D eigenvalue weighted by Gasteiger charge is -2.13. The lowest BCUT2D eigenvalue weighted by atomic mass is 10.00. The van der Waals surface area contributed by atoms with E-state index in [-0.39, 0.29) is 0 Å². The van der Waals surface area contributed by atoms with Gasteiger partial charge in [-0.1, -0.05) is 51.7 Å². The zero-order valence-corrected chi connectivity index (χ0v) is 19.3. The highest BCUT2D eigenvalue weighted by atomic mass is 16.5. The number of pyridine rings is 1. The lowest BCUT2D eigenvalue weighted by Crippen LogP contribution is -2.36. The molecule has 1 aromatic carbocycles. The summed E-state index contributed by atoms with van der Waals surface area (Å²) in [6.07, 6.45) is 14.5. The monoisotopic (exact) mass is 396 g/mol. The van der Waals surface area contributed by atoms with Gasteiger partial charge in [-0.3, -0.25) is 0 Å². The summed E-state index contributed by atoms with van der Waals surface area (Å²) in [6.45, 7) is 10.8. The molecular formula is C27H42NO+. The Labute approximate surface area is 179 Å². The molecule has 2 rings (SSSR count). The van der Waals surface area contributed by atoms with Crippen molar-refractivity contribution in [2.75, 3.05) is 6.61 Å². The van der Waals surface area contributed by atoms with Gasteiger partial charge in [0.15, 0.2) is 11.9 Å². The molecule has 160 valence electrons. The molecule has 0 aliphatic rings. The van der Waals surface area contributed by atoms with Crippen LogP contribution in [-0.2, 0) is 19.4 Å². The average Bonchev–Trinajstić information content (AvgIpc) is 2.71. The predicted molar refractivity (Wildman–Crippen MR) is 124 cm³/mol. The van der Waals surface area contributed by atoms with Crippen molar-refractivity contribution < 1.29 is 9.30 Å². The van der Waals surface area contributed by atoms with Crippen molar-refractivity contribution >= 4 is 0 Å². The third-order valence-electron chi connectivity index (χ3n) is 5.70. The molecule has 2 aromatic rings. The minimum absolute atomic E-state index is 0.807. The van der Waals surface area contributed by atoms with Gasteiger partial charge in [-0.15, -0.1) is 0 Å². The highest BCUT2D eigenvalue weighted by molar-refractivity contribution is 5.37. The quantitative estimate of drug-likeness (QED) is 0.250. The van der Waals surface area contributed by atoms with E-state index < -0.39 is 0 Å². The van der Waals surface area contributed by atoms with Crippen LogP contribution in [0.4, 0.5) is 0 Å². The predicted octanol–water partition coefficient (Wildman–Crippen LogP) is 6.92. The molecule has 0 radical (unpaired) electrons. The van der Waals surface area contributed by atoms with Crippen LogP contribution in [-0.4, -0.2) is 6.61 Å². The van der Waals surface area contributed by atoms with Gasteiger partial charge in [0.2, 0.25) is 0 Å². The van der Waals surface area contributed by atoms with Crippen LogP contribution in [0.2, 0.25) is 0 Å². The standard InChI is InChI=1S/C27H42NO/c1-5-7-9-13-25-15-16-27(26(22-25)14-10-8-6-2)29-20-12-11-18-28-19-17-23(3)21-24(28)4/h15-17,19,21-22H,5-14,18,20H2,1-4H3/q+1. The van der Waals surface area contributed by atoms with Crippen molar-refractivity contribution in [2.45, 2.75) is 98.4 Å². The van der Waals surface area contributed by atoms with Crippen LogP contribution in [0.3, 0.4) is 0 Å². The van der Waals surface area contributed by atoms with Crippen molar-refractivity contribution in [2.24, 2.45) is 0 Å². The molecule has 1 aromatic heterocycles. The zero-order valence-electron chi connectivity index (χ0n) is 19.3. The Morgan fingerprint density at radius 3 is 2.28 bits per heavy atom. The second-order valence-electron chi connectivity index (χ2n) is 8.45. The summed E-state index contributed by atoms with van der Waals surface area (Å²) in [5.74, 6) is 1.11. The average molecular weight is 397 g/mol. The van der Waals surface area contributed by atoms with Gasteiger partial charge in [-0.2, -0.15) is 0 Å². The minimum atomic E-state index is 0.807. The van der Waals surface area contributed by atoms with Gasteiger partial charge in [-0.25, -0.2) is 4.57 Å². The molecule has 2 nitrogen and oxygen atoms in total. The first-order valence-corrected chi connectivity index (χ1v) is 11.8. The first-order chi connectivity index (χ1) is 14.1. The van der Waals surface area contributed by atoms with Crippen LogP contribution in [0.5, 0.6) is 5.75 Å². The summed E-state index contributed by atoms with van der Waals surface area (Å²) < 4.78 is 8.57. The Hall–Kier alpha value is -1.83. The third kappa shape index (κ3) is 8.60. The van der Waals surface area contributed by atoms with E-state index in [0.29, 0.717) is 0 Å². The number of unbranched alkanes of at least 4 members (excludes halogenated alkanes) is 5. The number of hydrogen-bond acceptors (Lipinski definition) is 1. The van der Waals surface area contributed by atoms with Gasteiger partial charge in [0.1, 0.15) is 12.3 Å². The normalized spacial score (nSPS) is 11.0. The van der Waals surface area contributed by atoms with E-state index in [2.05, 4.69) is 68.8 Å². The van der Waals surface area contributed by atoms with Crippen molar-refractivity contribution in [1.82, 2.24) is 0 Å². The number of rotatable bonds is 14. The van der Waals surface area contributed by atoms with Crippen LogP contribution in [0.15, 0.2) is 36.5 Å². The molecule has 0 atom stereocenters. The van der Waals surface area contributed by atoms with Crippen LogP contribution >= 0.6 is 0 Å². The summed E-state index contributed by atoms with van der Waals surface area (Å²) in [6, 6.07) is 11.3. The second kappa shape index (κ2) is 13.4. The molecule has 0 aliphatic heterocycles. The van der Waals surface area contributed by atoms with Crippen LogP contribution < -0.4 is 9.30 Å². The number of nitrogens with zero attached hydrogens (tertiary/aromatic N) is 1. The Kier molecular flexibility index (Phi) is 10.8. The Morgan fingerprint density at radius 2 is 1.55 bits per heavy atom. The third-order valence-corrected chi connectivity index (χ3v) is 5.70. The molecule has 0 unspecified atom stereocenters. The number of ether oxygens (including phenoxy) is 1. The molecule has 0 aliphatic carbocycles. The highest BCUT2D eigenvalue weighted by Gasteiger charge is 2.08. The highest BCUT2D eigenvalue weighted by Crippen LogP contribution is 2.24. The fraction of sp³-hybridized carbons (Fsp3) is 0.593. The maximum Gasteiger partial charge on any atom is 0.178 e. The fourth-order valence-electron chi connectivity index (χ4n) is 3.87. The van der Waals surface area contributed by atoms with Crippen molar-refractivity contribution in [3.8, 4) is 5.75 Å². The molecule has 0 N–H and O–H groups in total. The molecule has 1 heterocycles. The number of aryl methyl sites for hydroxylation is 5. The van der Waals surface area contributed by atoms with Gasteiger partial charge in [0.25, 0.3) is 0 Å². The van der Waals surface area contributed by atoms with E-state index in [1.165, 1.54) is 67.3 Å². The summed E-state index contributed by atoms with van der Waals surface area (Å²) >= 11 is 0. The van der Waals surface area contributed by atoms with Crippen LogP contribution in [0.1, 0.15) is 87.6 Å². The molecule has 0 fully saturated rings. The van der Waals surface area contributed by atoms with Crippen molar-refractivity contribution in [3.63, 3.8) is 0 Å². The minimum Gasteiger partial charge on any atom is -0.493 e. The van der Waals surface area contributed by atoms with Gasteiger partial charge in [0, 0.05) is 25.5 Å². The van der Waals surface area contributed by atoms with Gasteiger partial charge >= 0.3 is 0 Å². The van der Waals surface area contributed by atoms with Gasteiger partial charge < -0.3 is 4.74 Å². The van der Waals surface area contributed by atoms with Crippen LogP contribution in [0.25, 0.3) is 0 Å². The molecular weight excluding hydrogens is 354 g/mol. The van der Waals surface area contributed by atoms with E-state index in [0.717, 1.165) is 38.2 Å². The molecule has 0 bridgehead atoms. The molecule has 0 saturated heterocycles. The Balaban J connectivity index is 1.85. The number of benzene rings is 1. The molecule has 0 spiro atoms. The molecule has 2 heteroatoms. The van der Waals surface area contributed by atoms with Crippen molar-refractivity contribution in [1.29, 1.82) is 0 Å². The number of hydrogen-bond donors (Lipinski definition) is 0. The fourth-order valence-corrected chi connectivity index (χ4v) is 3.87. The molecule has 0 saturated carbocycles. The van der Waals surface area contributed by atoms with E-state index in [4.69, 9.17) is 4.74 Å². The number of aromatic nitrogens is 1. The Bertz CT molecular complexity index is 722. The summed E-state index contributed by atoms with van der Waals surface area (Å²) in [7, 11) is 0. The first-order valence-electron chi connectivity index (χ1n) is 11.8. The largest absolute Gasteiger partial charge is 0.493 e. The molecule has 29 heavy (non-hydrogen) atoms. The lowest BCUT2D eigenvalue weighted by molar-refractivity contribution is -0.703. The maximum atomic E-state index is 6.23. The topological polar surface area (TPSA) is 13.1 Å². The maximum absolute atomic E-state index is 6.23. The summed E-state index contributed by atoms with van der Waals surface area (Å²) in [5, 5.41) is 0.